The van der Waals surface area contributed by atoms with Gasteiger partial charge in [-0.15, -0.1) is 0 Å². The average Bonchev–Trinajstić information content (AvgIpc) is 2.66. The summed E-state index contributed by atoms with van der Waals surface area (Å²) in [4.78, 5) is 25.9. The van der Waals surface area contributed by atoms with E-state index in [2.05, 4.69) is 29.6 Å². The highest BCUT2D eigenvalue weighted by atomic mass is 16.5. The Morgan fingerprint density at radius 2 is 1.88 bits per heavy atom. The number of benzene rings is 3. The molecule has 5 heteroatoms. The first-order valence-corrected chi connectivity index (χ1v) is 8.40. The number of fused-ring (bicyclic) bond motifs is 2. The van der Waals surface area contributed by atoms with Crippen molar-refractivity contribution in [2.45, 2.75) is 6.54 Å². The molecule has 0 saturated carbocycles. The number of nitrogens with one attached hydrogen (secondary N) is 1. The van der Waals surface area contributed by atoms with E-state index < -0.39 is 0 Å². The molecule has 0 saturated heterocycles. The first-order valence-electron chi connectivity index (χ1n) is 8.40. The third-order valence-electron chi connectivity index (χ3n) is 4.44. The molecule has 130 valence electrons. The minimum atomic E-state index is -0.216. The van der Waals surface area contributed by atoms with Gasteiger partial charge in [-0.25, -0.2) is 0 Å². The highest BCUT2D eigenvalue weighted by molar-refractivity contribution is 5.99. The van der Waals surface area contributed by atoms with Crippen molar-refractivity contribution in [2.24, 2.45) is 0 Å². The van der Waals surface area contributed by atoms with Gasteiger partial charge in [-0.1, -0.05) is 36.4 Å². The largest absolute Gasteiger partial charge is 0.482 e. The third kappa shape index (κ3) is 3.11. The quantitative estimate of drug-likeness (QED) is 0.790. The van der Waals surface area contributed by atoms with Crippen molar-refractivity contribution in [1.82, 2.24) is 4.90 Å². The van der Waals surface area contributed by atoms with Gasteiger partial charge < -0.3 is 15.0 Å². The van der Waals surface area contributed by atoms with Crippen molar-refractivity contribution in [3.63, 3.8) is 0 Å². The Bertz CT molecular complexity index is 1010. The second-order valence-corrected chi connectivity index (χ2v) is 6.39. The number of ether oxygens (including phenoxy) is 1. The van der Waals surface area contributed by atoms with Crippen LogP contribution in [-0.2, 0) is 11.3 Å². The van der Waals surface area contributed by atoms with Gasteiger partial charge in [-0.2, -0.15) is 0 Å². The normalized spacial score (nSPS) is 12.9. The van der Waals surface area contributed by atoms with Gasteiger partial charge in [-0.3, -0.25) is 9.59 Å². The Labute approximate surface area is 151 Å². The summed E-state index contributed by atoms with van der Waals surface area (Å²) >= 11 is 0. The second-order valence-electron chi connectivity index (χ2n) is 6.39. The molecule has 0 fully saturated rings. The molecule has 0 bridgehead atoms. The van der Waals surface area contributed by atoms with E-state index in [1.807, 2.05) is 18.2 Å². The maximum atomic E-state index is 12.8. The van der Waals surface area contributed by atoms with Crippen LogP contribution in [0.2, 0.25) is 0 Å². The van der Waals surface area contributed by atoms with Crippen LogP contribution in [0.3, 0.4) is 0 Å². The van der Waals surface area contributed by atoms with Crippen molar-refractivity contribution in [1.29, 1.82) is 0 Å². The molecule has 1 aliphatic rings. The molecule has 0 radical (unpaired) electrons. The zero-order valence-corrected chi connectivity index (χ0v) is 14.4. The zero-order valence-electron chi connectivity index (χ0n) is 14.4. The molecule has 4 rings (SSSR count). The van der Waals surface area contributed by atoms with Gasteiger partial charge >= 0.3 is 0 Å². The van der Waals surface area contributed by atoms with Crippen LogP contribution in [0.25, 0.3) is 10.8 Å². The van der Waals surface area contributed by atoms with E-state index in [0.717, 1.165) is 10.9 Å². The van der Waals surface area contributed by atoms with Crippen molar-refractivity contribution >= 4 is 28.3 Å². The summed E-state index contributed by atoms with van der Waals surface area (Å²) in [5, 5.41) is 5.06. The van der Waals surface area contributed by atoms with Crippen molar-refractivity contribution in [2.75, 3.05) is 19.0 Å². The summed E-state index contributed by atoms with van der Waals surface area (Å²) < 4.78 is 5.33. The smallest absolute Gasteiger partial charge is 0.262 e. The summed E-state index contributed by atoms with van der Waals surface area (Å²) in [6, 6.07) is 19.4. The van der Waals surface area contributed by atoms with Crippen molar-refractivity contribution in [3.8, 4) is 5.75 Å². The molecule has 1 heterocycles. The highest BCUT2D eigenvalue weighted by Crippen LogP contribution is 2.29. The van der Waals surface area contributed by atoms with Crippen molar-refractivity contribution in [3.05, 3.63) is 71.8 Å². The molecule has 0 aromatic heterocycles. The first kappa shape index (κ1) is 16.1. The number of amides is 2. The lowest BCUT2D eigenvalue weighted by atomic mass is 10.1. The fourth-order valence-electron chi connectivity index (χ4n) is 3.12. The first-order chi connectivity index (χ1) is 12.6. The van der Waals surface area contributed by atoms with Crippen LogP contribution in [0.15, 0.2) is 60.7 Å². The minimum absolute atomic E-state index is 0.00214. The van der Waals surface area contributed by atoms with Crippen LogP contribution in [0, 0.1) is 0 Å². The number of hydrogen-bond acceptors (Lipinski definition) is 3. The predicted octanol–water partition coefficient (Wildman–Crippen LogP) is 3.44. The van der Waals surface area contributed by atoms with Gasteiger partial charge in [0.25, 0.3) is 11.8 Å². The average molecular weight is 346 g/mol. The van der Waals surface area contributed by atoms with Crippen LogP contribution in [0.4, 0.5) is 5.69 Å². The Morgan fingerprint density at radius 1 is 1.08 bits per heavy atom. The molecular weight excluding hydrogens is 328 g/mol. The summed E-state index contributed by atoms with van der Waals surface area (Å²) in [5.74, 6) is 0.255. The lowest BCUT2D eigenvalue weighted by molar-refractivity contribution is -0.118. The number of nitrogens with zero attached hydrogens (tertiary/aromatic N) is 1. The van der Waals surface area contributed by atoms with Crippen molar-refractivity contribution < 1.29 is 14.3 Å². The molecule has 2 amide bonds. The molecule has 3 aromatic rings. The molecule has 3 aromatic carbocycles. The summed E-state index contributed by atoms with van der Waals surface area (Å²) in [6.45, 7) is 0.506. The molecule has 1 N–H and O–H groups in total. The predicted molar refractivity (Wildman–Crippen MR) is 100 cm³/mol. The SMILES string of the molecule is CN(Cc1ccc2ccccc2c1)C(=O)c1ccc2c(c1)NC(=O)CO2. The third-order valence-corrected chi connectivity index (χ3v) is 4.44. The fourth-order valence-corrected chi connectivity index (χ4v) is 3.12. The summed E-state index contributed by atoms with van der Waals surface area (Å²) in [6.07, 6.45) is 0. The summed E-state index contributed by atoms with van der Waals surface area (Å²) in [7, 11) is 1.77. The molecular formula is C21H18N2O3. The Kier molecular flexibility index (Phi) is 4.05. The van der Waals surface area contributed by atoms with Crippen LogP contribution in [0.1, 0.15) is 15.9 Å². The number of rotatable bonds is 3. The molecule has 0 aliphatic carbocycles. The molecule has 5 nitrogen and oxygen atoms in total. The summed E-state index contributed by atoms with van der Waals surface area (Å²) in [5.41, 5.74) is 2.11. The van der Waals surface area contributed by atoms with Gasteiger partial charge in [0.1, 0.15) is 5.75 Å². The van der Waals surface area contributed by atoms with E-state index in [-0.39, 0.29) is 18.4 Å². The van der Waals surface area contributed by atoms with E-state index in [1.165, 1.54) is 5.39 Å². The second kappa shape index (κ2) is 6.52. The number of hydrogen-bond donors (Lipinski definition) is 1. The fraction of sp³-hybridized carbons (Fsp3) is 0.143. The molecule has 26 heavy (non-hydrogen) atoms. The lowest BCUT2D eigenvalue weighted by Gasteiger charge is -2.21. The molecule has 0 unspecified atom stereocenters. The van der Waals surface area contributed by atoms with Gasteiger partial charge in [0.2, 0.25) is 0 Å². The van der Waals surface area contributed by atoms with Gasteiger partial charge in [-0.05, 0) is 40.6 Å². The van der Waals surface area contributed by atoms with E-state index in [1.54, 1.807) is 30.1 Å². The Morgan fingerprint density at radius 3 is 2.73 bits per heavy atom. The standard InChI is InChI=1S/C21H18N2O3/c1-23(12-14-6-7-15-4-2-3-5-16(15)10-14)21(25)17-8-9-19-18(11-17)22-20(24)13-26-19/h2-11H,12-13H2,1H3,(H,22,24). The maximum absolute atomic E-state index is 12.8. The monoisotopic (exact) mass is 346 g/mol. The van der Waals surface area contributed by atoms with E-state index in [4.69, 9.17) is 4.74 Å². The van der Waals surface area contributed by atoms with E-state index in [9.17, 15) is 9.59 Å². The molecule has 0 spiro atoms. The van der Waals surface area contributed by atoms with Gasteiger partial charge in [0, 0.05) is 19.2 Å². The zero-order chi connectivity index (χ0) is 18.1. The van der Waals surface area contributed by atoms with Crippen LogP contribution in [0.5, 0.6) is 5.75 Å². The van der Waals surface area contributed by atoms with Crippen LogP contribution < -0.4 is 10.1 Å². The number of carbonyl (C=O) groups is 2. The molecule has 1 aliphatic heterocycles. The maximum Gasteiger partial charge on any atom is 0.262 e. The Hall–Kier alpha value is -3.34. The lowest BCUT2D eigenvalue weighted by Crippen LogP contribution is -2.28. The minimum Gasteiger partial charge on any atom is -0.482 e. The van der Waals surface area contributed by atoms with Gasteiger partial charge in [0.05, 0.1) is 5.69 Å². The Balaban J connectivity index is 1.53. The van der Waals surface area contributed by atoms with Crippen LogP contribution in [-0.4, -0.2) is 30.4 Å². The van der Waals surface area contributed by atoms with E-state index in [0.29, 0.717) is 23.5 Å². The van der Waals surface area contributed by atoms with E-state index >= 15 is 0 Å². The van der Waals surface area contributed by atoms with Crippen LogP contribution >= 0.6 is 0 Å². The number of anilines is 1. The number of carbonyl (C=O) groups excluding carboxylic acids is 2. The molecule has 0 atom stereocenters. The highest BCUT2D eigenvalue weighted by Gasteiger charge is 2.19. The topological polar surface area (TPSA) is 58.6 Å². The van der Waals surface area contributed by atoms with Gasteiger partial charge in [0.15, 0.2) is 6.61 Å².